The van der Waals surface area contributed by atoms with Crippen LogP contribution in [0.3, 0.4) is 0 Å². The Morgan fingerprint density at radius 1 is 1.30 bits per heavy atom. The van der Waals surface area contributed by atoms with E-state index in [4.69, 9.17) is 4.42 Å². The minimum absolute atomic E-state index is 0.686. The first-order valence-corrected chi connectivity index (χ1v) is 6.49. The van der Waals surface area contributed by atoms with E-state index in [1.807, 2.05) is 25.1 Å². The summed E-state index contributed by atoms with van der Waals surface area (Å²) in [6.07, 6.45) is 4.97. The Kier molecular flexibility index (Phi) is 3.50. The Morgan fingerprint density at radius 2 is 2.25 bits per heavy atom. The second-order valence-electron chi connectivity index (χ2n) is 4.67. The van der Waals surface area contributed by atoms with Crippen LogP contribution in [0.4, 0.5) is 5.69 Å². The van der Waals surface area contributed by atoms with E-state index < -0.39 is 0 Å². The molecule has 3 aromatic rings. The van der Waals surface area contributed by atoms with Crippen LogP contribution in [0.1, 0.15) is 16.9 Å². The largest absolute Gasteiger partial charge is 0.467 e. The summed E-state index contributed by atoms with van der Waals surface area (Å²) in [5.41, 5.74) is 3.41. The van der Waals surface area contributed by atoms with Gasteiger partial charge in [-0.15, -0.1) is 0 Å². The van der Waals surface area contributed by atoms with Crippen LogP contribution < -0.4 is 5.32 Å². The van der Waals surface area contributed by atoms with E-state index >= 15 is 0 Å². The van der Waals surface area contributed by atoms with Crippen molar-refractivity contribution in [2.75, 3.05) is 5.32 Å². The van der Waals surface area contributed by atoms with E-state index in [-0.39, 0.29) is 0 Å². The summed E-state index contributed by atoms with van der Waals surface area (Å²) in [4.78, 5) is 3.94. The molecule has 0 amide bonds. The third-order valence-corrected chi connectivity index (χ3v) is 3.16. The zero-order valence-corrected chi connectivity index (χ0v) is 11.3. The summed E-state index contributed by atoms with van der Waals surface area (Å²) in [6, 6.07) is 10.2. The maximum atomic E-state index is 5.42. The van der Waals surface area contributed by atoms with Gasteiger partial charge in [0, 0.05) is 5.69 Å². The number of nitrogens with one attached hydrogen (secondary N) is 1. The number of nitrogens with zero attached hydrogens (tertiary/aromatic N) is 3. The van der Waals surface area contributed by atoms with Gasteiger partial charge in [-0.3, -0.25) is 0 Å². The topological polar surface area (TPSA) is 55.9 Å². The van der Waals surface area contributed by atoms with Crippen molar-refractivity contribution in [3.63, 3.8) is 0 Å². The average Bonchev–Trinajstić information content (AvgIpc) is 3.09. The van der Waals surface area contributed by atoms with Crippen molar-refractivity contribution in [3.8, 4) is 0 Å². The molecule has 0 fully saturated rings. The molecule has 5 heteroatoms. The van der Waals surface area contributed by atoms with Gasteiger partial charge in [0.1, 0.15) is 18.4 Å². The second kappa shape index (κ2) is 5.61. The molecule has 0 aliphatic rings. The lowest BCUT2D eigenvalue weighted by molar-refractivity contribution is 0.515. The summed E-state index contributed by atoms with van der Waals surface area (Å²) >= 11 is 0. The number of hydrogen-bond donors (Lipinski definition) is 1. The molecule has 1 N–H and O–H groups in total. The van der Waals surface area contributed by atoms with E-state index in [0.29, 0.717) is 6.54 Å². The molecule has 0 unspecified atom stereocenters. The quantitative estimate of drug-likeness (QED) is 0.773. The maximum Gasteiger partial charge on any atom is 0.137 e. The van der Waals surface area contributed by atoms with Gasteiger partial charge in [-0.2, -0.15) is 5.10 Å². The lowest BCUT2D eigenvalue weighted by atomic mass is 10.2. The molecule has 0 aliphatic carbocycles. The highest BCUT2D eigenvalue weighted by Gasteiger charge is 2.02. The minimum atomic E-state index is 0.686. The first-order valence-electron chi connectivity index (χ1n) is 6.49. The fraction of sp³-hybridized carbons (Fsp3) is 0.200. The number of furan rings is 1. The molecule has 20 heavy (non-hydrogen) atoms. The minimum Gasteiger partial charge on any atom is -0.467 e. The monoisotopic (exact) mass is 268 g/mol. The number of aryl methyl sites for hydroxylation is 1. The van der Waals surface area contributed by atoms with Crippen molar-refractivity contribution >= 4 is 5.69 Å². The summed E-state index contributed by atoms with van der Waals surface area (Å²) in [6.45, 7) is 3.45. The van der Waals surface area contributed by atoms with Gasteiger partial charge in [-0.05, 0) is 36.2 Å². The molecular formula is C15H16N4O. The molecular weight excluding hydrogens is 252 g/mol. The zero-order chi connectivity index (χ0) is 13.8. The highest BCUT2D eigenvalue weighted by molar-refractivity contribution is 5.46. The van der Waals surface area contributed by atoms with Gasteiger partial charge in [-0.25, -0.2) is 9.67 Å². The summed E-state index contributed by atoms with van der Waals surface area (Å²) in [7, 11) is 0. The average molecular weight is 268 g/mol. The molecule has 1 aromatic carbocycles. The fourth-order valence-corrected chi connectivity index (χ4v) is 2.05. The number of hydrogen-bond acceptors (Lipinski definition) is 4. The Hall–Kier alpha value is -2.56. The van der Waals surface area contributed by atoms with Gasteiger partial charge >= 0.3 is 0 Å². The Labute approximate surface area is 117 Å². The lowest BCUT2D eigenvalue weighted by Crippen LogP contribution is -2.02. The third kappa shape index (κ3) is 2.88. The first-order chi connectivity index (χ1) is 9.81. The Bertz CT molecular complexity index is 673. The highest BCUT2D eigenvalue weighted by Crippen LogP contribution is 2.15. The Balaban J connectivity index is 1.67. The maximum absolute atomic E-state index is 5.42. The van der Waals surface area contributed by atoms with Gasteiger partial charge in [0.05, 0.1) is 19.4 Å². The van der Waals surface area contributed by atoms with E-state index in [1.165, 1.54) is 5.56 Å². The molecule has 0 atom stereocenters. The molecule has 5 nitrogen and oxygen atoms in total. The van der Waals surface area contributed by atoms with Gasteiger partial charge in [0.2, 0.25) is 0 Å². The zero-order valence-electron chi connectivity index (χ0n) is 11.3. The number of anilines is 1. The normalized spacial score (nSPS) is 10.7. The van der Waals surface area contributed by atoms with Crippen molar-refractivity contribution in [1.29, 1.82) is 0 Å². The van der Waals surface area contributed by atoms with Crippen LogP contribution >= 0.6 is 0 Å². The van der Waals surface area contributed by atoms with Crippen molar-refractivity contribution in [2.45, 2.75) is 20.0 Å². The lowest BCUT2D eigenvalue weighted by Gasteiger charge is -2.08. The van der Waals surface area contributed by atoms with E-state index in [1.54, 1.807) is 23.6 Å². The summed E-state index contributed by atoms with van der Waals surface area (Å²) in [5.74, 6) is 0.965. The standard InChI is InChI=1S/C15H16N4O/c1-12-5-6-20-15(12)8-17-14-4-2-3-13(7-14)9-19-11-16-10-18-19/h2-7,10-11,17H,8-9H2,1H3. The number of aromatic nitrogens is 3. The van der Waals surface area contributed by atoms with Crippen LogP contribution in [-0.4, -0.2) is 14.8 Å². The molecule has 2 aromatic heterocycles. The first kappa shape index (κ1) is 12.5. The Morgan fingerprint density at radius 3 is 3.00 bits per heavy atom. The molecule has 102 valence electrons. The predicted octanol–water partition coefficient (Wildman–Crippen LogP) is 2.84. The molecule has 0 spiro atoms. The molecule has 0 aliphatic heterocycles. The summed E-state index contributed by atoms with van der Waals surface area (Å²) < 4.78 is 7.22. The molecule has 2 heterocycles. The van der Waals surface area contributed by atoms with Gasteiger partial charge in [0.15, 0.2) is 0 Å². The fourth-order valence-electron chi connectivity index (χ4n) is 2.05. The molecule has 0 radical (unpaired) electrons. The van der Waals surface area contributed by atoms with Crippen molar-refractivity contribution in [2.24, 2.45) is 0 Å². The molecule has 0 saturated carbocycles. The van der Waals surface area contributed by atoms with E-state index in [2.05, 4.69) is 27.5 Å². The van der Waals surface area contributed by atoms with Crippen molar-refractivity contribution in [3.05, 3.63) is 66.1 Å². The molecule has 3 rings (SSSR count). The molecule has 0 bridgehead atoms. The second-order valence-corrected chi connectivity index (χ2v) is 4.67. The van der Waals surface area contributed by atoms with Gasteiger partial charge in [-0.1, -0.05) is 12.1 Å². The summed E-state index contributed by atoms with van der Waals surface area (Å²) in [5, 5.41) is 7.48. The van der Waals surface area contributed by atoms with Crippen LogP contribution in [0.5, 0.6) is 0 Å². The van der Waals surface area contributed by atoms with Gasteiger partial charge < -0.3 is 9.73 Å². The van der Waals surface area contributed by atoms with Crippen LogP contribution in [0, 0.1) is 6.92 Å². The van der Waals surface area contributed by atoms with Crippen LogP contribution in [0.25, 0.3) is 0 Å². The van der Waals surface area contributed by atoms with E-state index in [9.17, 15) is 0 Å². The number of benzene rings is 1. The van der Waals surface area contributed by atoms with Crippen LogP contribution in [0.15, 0.2) is 53.7 Å². The highest BCUT2D eigenvalue weighted by atomic mass is 16.3. The number of rotatable bonds is 5. The van der Waals surface area contributed by atoms with E-state index in [0.717, 1.165) is 23.6 Å². The SMILES string of the molecule is Cc1ccoc1CNc1cccc(Cn2cncn2)c1. The van der Waals surface area contributed by atoms with Crippen molar-refractivity contribution in [1.82, 2.24) is 14.8 Å². The smallest absolute Gasteiger partial charge is 0.137 e. The predicted molar refractivity (Wildman–Crippen MR) is 76.3 cm³/mol. The van der Waals surface area contributed by atoms with Crippen LogP contribution in [-0.2, 0) is 13.1 Å². The molecule has 0 saturated heterocycles. The van der Waals surface area contributed by atoms with Crippen LogP contribution in [0.2, 0.25) is 0 Å². The van der Waals surface area contributed by atoms with Crippen molar-refractivity contribution < 1.29 is 4.42 Å². The third-order valence-electron chi connectivity index (χ3n) is 3.16. The van der Waals surface area contributed by atoms with Gasteiger partial charge in [0.25, 0.3) is 0 Å².